The minimum Gasteiger partial charge on any atom is -0.454 e. The summed E-state index contributed by atoms with van der Waals surface area (Å²) in [7, 11) is 0. The largest absolute Gasteiger partial charge is 0.454 e. The number of rotatable bonds is 4. The first kappa shape index (κ1) is 14.6. The van der Waals surface area contributed by atoms with E-state index in [0.717, 1.165) is 5.56 Å². The van der Waals surface area contributed by atoms with Gasteiger partial charge in [-0.3, -0.25) is 4.79 Å². The van der Waals surface area contributed by atoms with Gasteiger partial charge in [0.15, 0.2) is 17.3 Å². The fourth-order valence-corrected chi connectivity index (χ4v) is 2.53. The Morgan fingerprint density at radius 1 is 1.17 bits per heavy atom. The molecule has 0 fully saturated rings. The molecule has 0 aliphatic carbocycles. The second-order valence-corrected chi connectivity index (χ2v) is 5.58. The van der Waals surface area contributed by atoms with Crippen LogP contribution in [-0.2, 0) is 6.54 Å². The Morgan fingerprint density at radius 3 is 2.92 bits per heavy atom. The van der Waals surface area contributed by atoms with E-state index >= 15 is 0 Å². The first-order valence-electron chi connectivity index (χ1n) is 7.16. The maximum atomic E-state index is 12.4. The third-order valence-corrected chi connectivity index (χ3v) is 3.75. The lowest BCUT2D eigenvalue weighted by molar-refractivity contribution is 0.0961. The summed E-state index contributed by atoms with van der Waals surface area (Å²) in [4.78, 5) is 13.6. The predicted molar refractivity (Wildman–Crippen MR) is 85.2 cm³/mol. The fourth-order valence-electron chi connectivity index (χ4n) is 2.34. The van der Waals surface area contributed by atoms with Crippen molar-refractivity contribution < 1.29 is 14.3 Å². The van der Waals surface area contributed by atoms with E-state index in [-0.39, 0.29) is 19.1 Å². The number of fused-ring (bicyclic) bond motifs is 1. The van der Waals surface area contributed by atoms with Gasteiger partial charge in [0.2, 0.25) is 12.6 Å². The molecule has 0 saturated carbocycles. The highest BCUT2D eigenvalue weighted by Gasteiger charge is 2.17. The number of nitrogens with zero attached hydrogens (tertiary/aromatic N) is 4. The van der Waals surface area contributed by atoms with Gasteiger partial charge in [0.05, 0.1) is 0 Å². The van der Waals surface area contributed by atoms with Crippen LogP contribution in [0.5, 0.6) is 11.5 Å². The van der Waals surface area contributed by atoms with Crippen molar-refractivity contribution >= 4 is 17.4 Å². The predicted octanol–water partition coefficient (Wildman–Crippen LogP) is 2.61. The van der Waals surface area contributed by atoms with Crippen LogP contribution in [0.4, 0.5) is 0 Å². The average molecular weight is 343 g/mol. The first-order valence-corrected chi connectivity index (χ1v) is 7.53. The van der Waals surface area contributed by atoms with Crippen LogP contribution in [0.25, 0.3) is 11.4 Å². The maximum absolute atomic E-state index is 12.4. The monoisotopic (exact) mass is 342 g/mol. The summed E-state index contributed by atoms with van der Waals surface area (Å²) < 4.78 is 10.5. The number of carbonyl (C=O) groups is 1. The van der Waals surface area contributed by atoms with Crippen molar-refractivity contribution in [3.05, 3.63) is 53.1 Å². The Balaban J connectivity index is 1.52. The van der Waals surface area contributed by atoms with Crippen molar-refractivity contribution in [2.45, 2.75) is 6.54 Å². The molecule has 24 heavy (non-hydrogen) atoms. The Morgan fingerprint density at radius 2 is 2.04 bits per heavy atom. The summed E-state index contributed by atoms with van der Waals surface area (Å²) >= 11 is 5.95. The van der Waals surface area contributed by atoms with Gasteiger partial charge in [-0.05, 0) is 35.5 Å². The van der Waals surface area contributed by atoms with Crippen molar-refractivity contribution in [2.75, 3.05) is 6.79 Å². The van der Waals surface area contributed by atoms with Crippen LogP contribution in [0.1, 0.15) is 10.4 Å². The van der Waals surface area contributed by atoms with Crippen molar-refractivity contribution in [3.8, 4) is 22.9 Å². The van der Waals surface area contributed by atoms with Gasteiger partial charge in [0.25, 0.3) is 0 Å². The number of benzene rings is 2. The highest BCUT2D eigenvalue weighted by atomic mass is 35.5. The van der Waals surface area contributed by atoms with E-state index in [4.69, 9.17) is 21.1 Å². The van der Waals surface area contributed by atoms with E-state index in [0.29, 0.717) is 27.9 Å². The van der Waals surface area contributed by atoms with Crippen LogP contribution in [0.3, 0.4) is 0 Å². The zero-order valence-corrected chi connectivity index (χ0v) is 13.1. The summed E-state index contributed by atoms with van der Waals surface area (Å²) in [6.07, 6.45) is 0. The Hall–Kier alpha value is -2.93. The summed E-state index contributed by atoms with van der Waals surface area (Å²) in [6, 6.07) is 12.2. The van der Waals surface area contributed by atoms with Gasteiger partial charge in [-0.2, -0.15) is 4.80 Å². The summed E-state index contributed by atoms with van der Waals surface area (Å²) in [6.45, 7) is 0.147. The highest BCUT2D eigenvalue weighted by molar-refractivity contribution is 6.30. The lowest BCUT2D eigenvalue weighted by Crippen LogP contribution is -2.13. The van der Waals surface area contributed by atoms with Crippen LogP contribution < -0.4 is 9.47 Å². The lowest BCUT2D eigenvalue weighted by atomic mass is 10.1. The zero-order chi connectivity index (χ0) is 16.5. The maximum Gasteiger partial charge on any atom is 0.231 e. The molecule has 2 heterocycles. The zero-order valence-electron chi connectivity index (χ0n) is 12.3. The number of halogens is 1. The summed E-state index contributed by atoms with van der Waals surface area (Å²) in [5.74, 6) is 1.46. The normalized spacial score (nSPS) is 12.4. The number of hydrogen-bond acceptors (Lipinski definition) is 6. The van der Waals surface area contributed by atoms with Crippen molar-refractivity contribution in [1.82, 2.24) is 20.2 Å². The molecule has 4 rings (SSSR count). The Labute approximate surface area is 141 Å². The number of hydrogen-bond donors (Lipinski definition) is 0. The molecule has 2 aromatic carbocycles. The fraction of sp³-hybridized carbons (Fsp3) is 0.125. The van der Waals surface area contributed by atoms with Gasteiger partial charge < -0.3 is 9.47 Å². The Bertz CT molecular complexity index is 925. The number of carbonyl (C=O) groups excluding carboxylic acids is 1. The molecule has 0 atom stereocenters. The van der Waals surface area contributed by atoms with Gasteiger partial charge in [0, 0.05) is 16.1 Å². The van der Waals surface area contributed by atoms with E-state index in [1.54, 1.807) is 36.4 Å². The van der Waals surface area contributed by atoms with Gasteiger partial charge in [0.1, 0.15) is 6.54 Å². The molecule has 8 heteroatoms. The van der Waals surface area contributed by atoms with E-state index in [9.17, 15) is 4.79 Å². The third kappa shape index (κ3) is 2.81. The highest BCUT2D eigenvalue weighted by Crippen LogP contribution is 2.32. The molecule has 120 valence electrons. The molecular weight excluding hydrogens is 332 g/mol. The van der Waals surface area contributed by atoms with E-state index < -0.39 is 0 Å². The van der Waals surface area contributed by atoms with Gasteiger partial charge in [-0.1, -0.05) is 23.7 Å². The van der Waals surface area contributed by atoms with Crippen LogP contribution in [0.2, 0.25) is 5.02 Å². The summed E-state index contributed by atoms with van der Waals surface area (Å²) in [5.41, 5.74) is 1.24. The molecule has 0 spiro atoms. The topological polar surface area (TPSA) is 79.1 Å². The standard InChI is InChI=1S/C16H11ClN4O3/c17-12-3-1-2-11(6-12)16-18-20-21(19-16)8-13(22)10-4-5-14-15(7-10)24-9-23-14/h1-7H,8-9H2. The third-order valence-electron chi connectivity index (χ3n) is 3.52. The van der Waals surface area contributed by atoms with Crippen molar-refractivity contribution in [1.29, 1.82) is 0 Å². The number of ketones is 1. The Kier molecular flexibility index (Phi) is 3.62. The first-order chi connectivity index (χ1) is 11.7. The minimum absolute atomic E-state index is 0.0206. The SMILES string of the molecule is O=C(Cn1nnc(-c2cccc(Cl)c2)n1)c1ccc2c(c1)OCO2. The molecule has 0 N–H and O–H groups in total. The number of aromatic nitrogens is 4. The molecule has 7 nitrogen and oxygen atoms in total. The average Bonchev–Trinajstić information content (AvgIpc) is 3.23. The lowest BCUT2D eigenvalue weighted by Gasteiger charge is -2.01. The van der Waals surface area contributed by atoms with Crippen LogP contribution in [0, 0.1) is 0 Å². The van der Waals surface area contributed by atoms with E-state index in [1.807, 2.05) is 6.07 Å². The number of Topliss-reactive ketones (excluding diaryl/α,β-unsaturated/α-hetero) is 1. The smallest absolute Gasteiger partial charge is 0.231 e. The van der Waals surface area contributed by atoms with Crippen LogP contribution >= 0.6 is 11.6 Å². The molecule has 0 bridgehead atoms. The molecule has 1 aliphatic heterocycles. The van der Waals surface area contributed by atoms with Gasteiger partial charge >= 0.3 is 0 Å². The second kappa shape index (κ2) is 5.93. The van der Waals surface area contributed by atoms with Crippen molar-refractivity contribution in [3.63, 3.8) is 0 Å². The van der Waals surface area contributed by atoms with Gasteiger partial charge in [-0.15, -0.1) is 10.2 Å². The van der Waals surface area contributed by atoms with E-state index in [1.165, 1.54) is 4.80 Å². The summed E-state index contributed by atoms with van der Waals surface area (Å²) in [5, 5.41) is 12.7. The molecular formula is C16H11ClN4O3. The van der Waals surface area contributed by atoms with Crippen LogP contribution in [-0.4, -0.2) is 32.8 Å². The molecule has 0 radical (unpaired) electrons. The second-order valence-electron chi connectivity index (χ2n) is 5.15. The molecule has 0 unspecified atom stereocenters. The molecule has 1 aliphatic rings. The minimum atomic E-state index is -0.150. The van der Waals surface area contributed by atoms with Crippen molar-refractivity contribution in [2.24, 2.45) is 0 Å². The molecule has 1 aromatic heterocycles. The van der Waals surface area contributed by atoms with Gasteiger partial charge in [-0.25, -0.2) is 0 Å². The van der Waals surface area contributed by atoms with E-state index in [2.05, 4.69) is 15.4 Å². The molecule has 0 amide bonds. The quantitative estimate of drug-likeness (QED) is 0.678. The number of tetrazole rings is 1. The molecule has 3 aromatic rings. The van der Waals surface area contributed by atoms with Crippen LogP contribution in [0.15, 0.2) is 42.5 Å². The molecule has 0 saturated heterocycles. The number of ether oxygens (including phenoxy) is 2.